The van der Waals surface area contributed by atoms with Crippen LogP contribution in [0, 0.1) is 0 Å². The molecule has 0 radical (unpaired) electrons. The van der Waals surface area contributed by atoms with Crippen LogP contribution in [0.4, 0.5) is 0 Å². The molecule has 2 N–H and O–H groups in total. The zero-order valence-corrected chi connectivity index (χ0v) is 10.1. The number of fused-ring (bicyclic) bond motifs is 1. The van der Waals surface area contributed by atoms with Gasteiger partial charge in [0, 0.05) is 18.2 Å². The number of benzene rings is 1. The van der Waals surface area contributed by atoms with Crippen LogP contribution in [0.2, 0.25) is 0 Å². The lowest BCUT2D eigenvalue weighted by Crippen LogP contribution is -2.13. The monoisotopic (exact) mass is 255 g/mol. The highest BCUT2D eigenvalue weighted by atomic mass is 32.2. The van der Waals surface area contributed by atoms with Gasteiger partial charge in [-0.1, -0.05) is 6.07 Å². The van der Waals surface area contributed by atoms with Crippen molar-refractivity contribution >= 4 is 9.84 Å². The summed E-state index contributed by atoms with van der Waals surface area (Å²) in [5.41, 5.74) is 6.72. The second-order valence-corrected chi connectivity index (χ2v) is 6.71. The zero-order chi connectivity index (χ0) is 12.2. The molecule has 1 aromatic rings. The van der Waals surface area contributed by atoms with E-state index in [-0.39, 0.29) is 18.8 Å². The normalized spacial score (nSPS) is 30.4. The summed E-state index contributed by atoms with van der Waals surface area (Å²) < 4.78 is 33.4. The van der Waals surface area contributed by atoms with Crippen molar-refractivity contribution in [2.75, 3.05) is 13.0 Å². The molecule has 0 spiro atoms. The van der Waals surface area contributed by atoms with Gasteiger partial charge in [-0.3, -0.25) is 0 Å². The van der Waals surface area contributed by atoms with Crippen molar-refractivity contribution in [3.8, 4) is 11.5 Å². The number of hydrogen-bond acceptors (Lipinski definition) is 5. The van der Waals surface area contributed by atoms with Crippen LogP contribution in [-0.2, 0) is 9.84 Å². The summed E-state index contributed by atoms with van der Waals surface area (Å²) in [6, 6.07) is 5.15. The second kappa shape index (κ2) is 3.36. The Balaban J connectivity index is 1.92. The summed E-state index contributed by atoms with van der Waals surface area (Å²) in [4.78, 5) is 0. The highest BCUT2D eigenvalue weighted by molar-refractivity contribution is 7.91. The van der Waals surface area contributed by atoms with E-state index in [0.717, 1.165) is 5.56 Å². The van der Waals surface area contributed by atoms with E-state index in [1.807, 2.05) is 12.1 Å². The van der Waals surface area contributed by atoms with E-state index in [9.17, 15) is 8.42 Å². The molecule has 1 aromatic carbocycles. The van der Waals surface area contributed by atoms with Crippen LogP contribution in [0.5, 0.6) is 11.5 Å². The molecule has 1 aliphatic carbocycles. The van der Waals surface area contributed by atoms with Gasteiger partial charge in [-0.25, -0.2) is 8.42 Å². The SMILES string of the molecule is CS(=O)(=O)[C@@H]1[C@@H](N)[C@H]1c1ccc2c(c1)OCO2. The number of nitrogens with two attached hydrogens (primary N) is 1. The molecule has 0 unspecified atom stereocenters. The smallest absolute Gasteiger partial charge is 0.231 e. The number of rotatable bonds is 2. The maximum atomic E-state index is 11.5. The van der Waals surface area contributed by atoms with Gasteiger partial charge in [0.15, 0.2) is 21.3 Å². The molecule has 0 aromatic heterocycles. The lowest BCUT2D eigenvalue weighted by Gasteiger charge is -2.01. The standard InChI is InChI=1S/C11H13NO4S/c1-17(13,14)11-9(10(11)12)6-2-3-7-8(4-6)16-5-15-7/h2-4,9-11H,5,12H2,1H3/t9-,10+,11+/m1/s1. The molecule has 92 valence electrons. The summed E-state index contributed by atoms with van der Waals surface area (Å²) in [6.45, 7) is 0.213. The zero-order valence-electron chi connectivity index (χ0n) is 9.29. The van der Waals surface area contributed by atoms with Crippen molar-refractivity contribution in [2.24, 2.45) is 5.73 Å². The number of hydrogen-bond donors (Lipinski definition) is 1. The molecule has 6 heteroatoms. The summed E-state index contributed by atoms with van der Waals surface area (Å²) in [6.07, 6.45) is 1.23. The third-order valence-corrected chi connectivity index (χ3v) is 4.88. The number of sulfone groups is 1. The Hall–Kier alpha value is -1.27. The maximum absolute atomic E-state index is 11.5. The van der Waals surface area contributed by atoms with Crippen LogP contribution >= 0.6 is 0 Å². The summed E-state index contributed by atoms with van der Waals surface area (Å²) >= 11 is 0. The predicted octanol–water partition coefficient (Wildman–Crippen LogP) is 0.253. The van der Waals surface area contributed by atoms with Gasteiger partial charge in [0.25, 0.3) is 0 Å². The first-order valence-corrected chi connectivity index (χ1v) is 7.28. The quantitative estimate of drug-likeness (QED) is 0.819. The topological polar surface area (TPSA) is 78.6 Å². The fourth-order valence-electron chi connectivity index (χ4n) is 2.39. The molecule has 0 saturated heterocycles. The molecule has 2 aliphatic rings. The minimum absolute atomic E-state index is 0.125. The molecule has 3 atom stereocenters. The minimum Gasteiger partial charge on any atom is -0.454 e. The lowest BCUT2D eigenvalue weighted by atomic mass is 10.1. The Morgan fingerprint density at radius 3 is 2.65 bits per heavy atom. The third kappa shape index (κ3) is 1.68. The molecule has 0 bridgehead atoms. The minimum atomic E-state index is -3.09. The first-order valence-electron chi connectivity index (χ1n) is 5.32. The van der Waals surface area contributed by atoms with E-state index in [2.05, 4.69) is 0 Å². The van der Waals surface area contributed by atoms with Crippen molar-refractivity contribution in [2.45, 2.75) is 17.2 Å². The van der Waals surface area contributed by atoms with Gasteiger partial charge in [-0.2, -0.15) is 0 Å². The van der Waals surface area contributed by atoms with E-state index in [0.29, 0.717) is 11.5 Å². The van der Waals surface area contributed by atoms with Crippen molar-refractivity contribution in [1.82, 2.24) is 0 Å². The van der Waals surface area contributed by atoms with Crippen molar-refractivity contribution in [3.63, 3.8) is 0 Å². The van der Waals surface area contributed by atoms with Gasteiger partial charge >= 0.3 is 0 Å². The van der Waals surface area contributed by atoms with E-state index >= 15 is 0 Å². The average molecular weight is 255 g/mol. The van der Waals surface area contributed by atoms with Gasteiger partial charge in [-0.05, 0) is 17.7 Å². The van der Waals surface area contributed by atoms with E-state index in [4.69, 9.17) is 15.2 Å². The molecule has 5 nitrogen and oxygen atoms in total. The van der Waals surface area contributed by atoms with Crippen molar-refractivity contribution < 1.29 is 17.9 Å². The van der Waals surface area contributed by atoms with Crippen LogP contribution in [-0.4, -0.2) is 32.8 Å². The van der Waals surface area contributed by atoms with Crippen LogP contribution in [0.25, 0.3) is 0 Å². The fraction of sp³-hybridized carbons (Fsp3) is 0.455. The van der Waals surface area contributed by atoms with Gasteiger partial charge in [-0.15, -0.1) is 0 Å². The largest absolute Gasteiger partial charge is 0.454 e. The molecular weight excluding hydrogens is 242 g/mol. The van der Waals surface area contributed by atoms with Gasteiger partial charge in [0.1, 0.15) is 0 Å². The second-order valence-electron chi connectivity index (χ2n) is 4.51. The van der Waals surface area contributed by atoms with Crippen LogP contribution in [0.1, 0.15) is 11.5 Å². The summed E-state index contributed by atoms with van der Waals surface area (Å²) in [5, 5.41) is -0.470. The fourth-order valence-corrected chi connectivity index (χ4v) is 3.91. The molecular formula is C11H13NO4S. The van der Waals surface area contributed by atoms with Crippen molar-refractivity contribution in [1.29, 1.82) is 0 Å². The molecule has 17 heavy (non-hydrogen) atoms. The van der Waals surface area contributed by atoms with E-state index in [1.165, 1.54) is 6.26 Å². The van der Waals surface area contributed by atoms with Crippen LogP contribution in [0.15, 0.2) is 18.2 Å². The molecule has 3 rings (SSSR count). The highest BCUT2D eigenvalue weighted by Gasteiger charge is 2.55. The Morgan fingerprint density at radius 1 is 1.29 bits per heavy atom. The van der Waals surface area contributed by atoms with Gasteiger partial charge in [0.05, 0.1) is 5.25 Å². The van der Waals surface area contributed by atoms with E-state index in [1.54, 1.807) is 6.07 Å². The Bertz CT molecular complexity index is 569. The predicted molar refractivity (Wildman–Crippen MR) is 61.9 cm³/mol. The Labute approximate surface area is 99.4 Å². The lowest BCUT2D eigenvalue weighted by molar-refractivity contribution is 0.174. The van der Waals surface area contributed by atoms with Gasteiger partial charge < -0.3 is 15.2 Å². The van der Waals surface area contributed by atoms with Crippen LogP contribution in [0.3, 0.4) is 0 Å². The van der Waals surface area contributed by atoms with Crippen LogP contribution < -0.4 is 15.2 Å². The van der Waals surface area contributed by atoms with E-state index < -0.39 is 15.1 Å². The molecule has 0 amide bonds. The molecule has 1 fully saturated rings. The summed E-state index contributed by atoms with van der Waals surface area (Å²) in [5.74, 6) is 1.23. The Morgan fingerprint density at radius 2 is 2.00 bits per heavy atom. The first-order chi connectivity index (χ1) is 7.98. The summed E-state index contributed by atoms with van der Waals surface area (Å²) in [7, 11) is -3.09. The average Bonchev–Trinajstić information content (AvgIpc) is 2.73. The number of ether oxygens (including phenoxy) is 2. The maximum Gasteiger partial charge on any atom is 0.231 e. The van der Waals surface area contributed by atoms with Gasteiger partial charge in [0.2, 0.25) is 6.79 Å². The van der Waals surface area contributed by atoms with Crippen molar-refractivity contribution in [3.05, 3.63) is 23.8 Å². The highest BCUT2D eigenvalue weighted by Crippen LogP contribution is 2.47. The first kappa shape index (κ1) is 10.9. The molecule has 1 aliphatic heterocycles. The molecule has 1 heterocycles. The molecule has 1 saturated carbocycles. The third-order valence-electron chi connectivity index (χ3n) is 3.28. The Kier molecular flexibility index (Phi) is 2.15.